The molecule has 1 heterocycles. The molecule has 0 aliphatic rings. The van der Waals surface area contributed by atoms with Gasteiger partial charge in [0.25, 0.3) is 0 Å². The highest BCUT2D eigenvalue weighted by Crippen LogP contribution is 2.30. The van der Waals surface area contributed by atoms with Gasteiger partial charge in [-0.3, -0.25) is 4.79 Å². The molecule has 0 aliphatic carbocycles. The van der Waals surface area contributed by atoms with Crippen molar-refractivity contribution in [1.29, 1.82) is 0 Å². The van der Waals surface area contributed by atoms with Gasteiger partial charge in [-0.1, -0.05) is 15.9 Å². The summed E-state index contributed by atoms with van der Waals surface area (Å²) in [7, 11) is 4.07. The van der Waals surface area contributed by atoms with Crippen LogP contribution in [0.5, 0.6) is 5.75 Å². The van der Waals surface area contributed by atoms with E-state index in [1.54, 1.807) is 6.07 Å². The minimum atomic E-state index is -0.0272. The summed E-state index contributed by atoms with van der Waals surface area (Å²) in [5, 5.41) is 1.14. The second-order valence-electron chi connectivity index (χ2n) is 6.22. The summed E-state index contributed by atoms with van der Waals surface area (Å²) in [6.45, 7) is 3.48. The molecule has 0 atom stereocenters. The predicted octanol–water partition coefficient (Wildman–Crippen LogP) is 4.35. The van der Waals surface area contributed by atoms with Gasteiger partial charge in [-0.25, -0.2) is 0 Å². The average Bonchev–Trinajstić information content (AvgIpc) is 2.52. The van der Waals surface area contributed by atoms with Crippen LogP contribution < -0.4 is 10.2 Å². The number of hydrogen-bond acceptors (Lipinski definition) is 4. The molecule has 4 nitrogen and oxygen atoms in total. The number of hydrogen-bond donors (Lipinski definition) is 0. The first-order valence-corrected chi connectivity index (χ1v) is 8.69. The Morgan fingerprint density at radius 2 is 1.96 bits per heavy atom. The third kappa shape index (κ3) is 3.47. The first-order chi connectivity index (χ1) is 11.5. The van der Waals surface area contributed by atoms with Crippen LogP contribution in [0.15, 0.2) is 44.0 Å². The average molecular weight is 390 g/mol. The molecule has 0 fully saturated rings. The van der Waals surface area contributed by atoms with Crippen molar-refractivity contribution in [3.05, 3.63) is 50.6 Å². The normalized spacial score (nSPS) is 11.5. The van der Waals surface area contributed by atoms with Crippen LogP contribution in [-0.2, 0) is 0 Å². The highest BCUT2D eigenvalue weighted by Gasteiger charge is 2.13. The molecule has 0 bridgehead atoms. The van der Waals surface area contributed by atoms with Gasteiger partial charge in [-0.05, 0) is 63.3 Å². The molecule has 3 rings (SSSR count). The molecule has 2 aromatic carbocycles. The predicted molar refractivity (Wildman–Crippen MR) is 101 cm³/mol. The van der Waals surface area contributed by atoms with Gasteiger partial charge in [-0.15, -0.1) is 0 Å². The fourth-order valence-corrected chi connectivity index (χ4v) is 3.05. The maximum atomic E-state index is 12.8. The molecule has 5 heteroatoms. The van der Waals surface area contributed by atoms with Gasteiger partial charge in [0.05, 0.1) is 17.4 Å². The molecule has 1 aromatic heterocycles. The summed E-state index contributed by atoms with van der Waals surface area (Å²) in [4.78, 5) is 14.9. The second-order valence-corrected chi connectivity index (χ2v) is 7.13. The molecule has 0 N–H and O–H groups in total. The Hall–Kier alpha value is -1.85. The van der Waals surface area contributed by atoms with Crippen LogP contribution in [0.25, 0.3) is 21.9 Å². The van der Waals surface area contributed by atoms with Crippen LogP contribution in [0.2, 0.25) is 0 Å². The molecule has 0 radical (unpaired) electrons. The molecule has 0 amide bonds. The topological polar surface area (TPSA) is 42.7 Å². The standard InChI is InChI=1S/C19H20BrNO3/c1-12-9-15-18(22)14-6-5-13(20)11-16(14)24-19(15)17(10-12)23-8-4-7-21(2)3/h5-6,9-11H,4,7-8H2,1-3H3. The Morgan fingerprint density at radius 1 is 1.17 bits per heavy atom. The lowest BCUT2D eigenvalue weighted by molar-refractivity contribution is 0.281. The molecule has 0 spiro atoms. The van der Waals surface area contributed by atoms with Gasteiger partial charge in [-0.2, -0.15) is 0 Å². The number of rotatable bonds is 5. The van der Waals surface area contributed by atoms with E-state index in [-0.39, 0.29) is 5.43 Å². The SMILES string of the molecule is Cc1cc(OCCCN(C)C)c2oc3cc(Br)ccc3c(=O)c2c1. The van der Waals surface area contributed by atoms with Crippen molar-refractivity contribution >= 4 is 37.9 Å². The summed E-state index contributed by atoms with van der Waals surface area (Å²) in [6, 6.07) is 9.22. The summed E-state index contributed by atoms with van der Waals surface area (Å²) >= 11 is 3.42. The molecule has 126 valence electrons. The van der Waals surface area contributed by atoms with Crippen molar-refractivity contribution in [2.75, 3.05) is 27.2 Å². The summed E-state index contributed by atoms with van der Waals surface area (Å²) < 4.78 is 12.8. The van der Waals surface area contributed by atoms with Crippen molar-refractivity contribution in [3.8, 4) is 5.75 Å². The zero-order valence-corrected chi connectivity index (χ0v) is 15.6. The van der Waals surface area contributed by atoms with E-state index in [0.717, 1.165) is 23.0 Å². The quantitative estimate of drug-likeness (QED) is 0.480. The fourth-order valence-electron chi connectivity index (χ4n) is 2.71. The Bertz CT molecular complexity index is 947. The first kappa shape index (κ1) is 17.0. The number of ether oxygens (including phenoxy) is 1. The largest absolute Gasteiger partial charge is 0.490 e. The van der Waals surface area contributed by atoms with Crippen molar-refractivity contribution in [3.63, 3.8) is 0 Å². The molecule has 0 unspecified atom stereocenters. The van der Waals surface area contributed by atoms with E-state index < -0.39 is 0 Å². The monoisotopic (exact) mass is 389 g/mol. The van der Waals surface area contributed by atoms with Crippen LogP contribution in [-0.4, -0.2) is 32.1 Å². The van der Waals surface area contributed by atoms with Crippen molar-refractivity contribution in [2.45, 2.75) is 13.3 Å². The van der Waals surface area contributed by atoms with E-state index >= 15 is 0 Å². The number of aryl methyl sites for hydroxylation is 1. The third-order valence-corrected chi connectivity index (χ3v) is 4.34. The molecule has 3 aromatic rings. The van der Waals surface area contributed by atoms with Gasteiger partial charge in [0, 0.05) is 11.0 Å². The van der Waals surface area contributed by atoms with Crippen LogP contribution in [0, 0.1) is 6.92 Å². The second kappa shape index (κ2) is 6.95. The van der Waals surface area contributed by atoms with Gasteiger partial charge in [0.2, 0.25) is 5.43 Å². The lowest BCUT2D eigenvalue weighted by Gasteiger charge is -2.12. The molecular formula is C19H20BrNO3. The van der Waals surface area contributed by atoms with Gasteiger partial charge in [0.1, 0.15) is 5.58 Å². The number of benzene rings is 2. The third-order valence-electron chi connectivity index (χ3n) is 3.85. The van der Waals surface area contributed by atoms with Crippen molar-refractivity contribution in [2.24, 2.45) is 0 Å². The zero-order valence-electron chi connectivity index (χ0n) is 14.1. The number of halogens is 1. The van der Waals surface area contributed by atoms with Gasteiger partial charge >= 0.3 is 0 Å². The number of fused-ring (bicyclic) bond motifs is 2. The summed E-state index contributed by atoms with van der Waals surface area (Å²) in [5.41, 5.74) is 2.03. The van der Waals surface area contributed by atoms with E-state index in [0.29, 0.717) is 34.3 Å². The van der Waals surface area contributed by atoms with E-state index in [9.17, 15) is 4.79 Å². The molecule has 0 saturated carbocycles. The summed E-state index contributed by atoms with van der Waals surface area (Å²) in [5.74, 6) is 0.628. The van der Waals surface area contributed by atoms with Crippen LogP contribution in [0.3, 0.4) is 0 Å². The lowest BCUT2D eigenvalue weighted by Crippen LogP contribution is -2.15. The molecular weight excluding hydrogens is 370 g/mol. The number of nitrogens with zero attached hydrogens (tertiary/aromatic N) is 1. The van der Waals surface area contributed by atoms with E-state index in [1.807, 2.05) is 45.3 Å². The fraction of sp³-hybridized carbons (Fsp3) is 0.316. The minimum absolute atomic E-state index is 0.0272. The molecule has 24 heavy (non-hydrogen) atoms. The first-order valence-electron chi connectivity index (χ1n) is 7.90. The van der Waals surface area contributed by atoms with Crippen LogP contribution >= 0.6 is 15.9 Å². The summed E-state index contributed by atoms with van der Waals surface area (Å²) in [6.07, 6.45) is 0.909. The van der Waals surface area contributed by atoms with Crippen molar-refractivity contribution < 1.29 is 9.15 Å². The van der Waals surface area contributed by atoms with Crippen LogP contribution in [0.1, 0.15) is 12.0 Å². The molecule has 0 aliphatic heterocycles. The maximum Gasteiger partial charge on any atom is 0.200 e. The van der Waals surface area contributed by atoms with Crippen LogP contribution in [0.4, 0.5) is 0 Å². The van der Waals surface area contributed by atoms with E-state index in [4.69, 9.17) is 9.15 Å². The van der Waals surface area contributed by atoms with E-state index in [2.05, 4.69) is 20.8 Å². The Balaban J connectivity index is 2.08. The molecule has 0 saturated heterocycles. The highest BCUT2D eigenvalue weighted by molar-refractivity contribution is 9.10. The highest BCUT2D eigenvalue weighted by atomic mass is 79.9. The Kier molecular flexibility index (Phi) is 4.92. The Labute approximate surface area is 149 Å². The minimum Gasteiger partial charge on any atom is -0.490 e. The van der Waals surface area contributed by atoms with Gasteiger partial charge < -0.3 is 14.1 Å². The van der Waals surface area contributed by atoms with Gasteiger partial charge in [0.15, 0.2) is 11.3 Å². The Morgan fingerprint density at radius 3 is 2.71 bits per heavy atom. The maximum absolute atomic E-state index is 12.8. The smallest absolute Gasteiger partial charge is 0.200 e. The zero-order chi connectivity index (χ0) is 17.3. The van der Waals surface area contributed by atoms with E-state index in [1.165, 1.54) is 0 Å². The van der Waals surface area contributed by atoms with Crippen molar-refractivity contribution in [1.82, 2.24) is 4.90 Å². The lowest BCUT2D eigenvalue weighted by atomic mass is 10.1.